The molecular weight excluding hydrogens is 379 g/mol. The molecule has 0 aliphatic carbocycles. The van der Waals surface area contributed by atoms with Gasteiger partial charge in [-0.25, -0.2) is 14.4 Å². The van der Waals surface area contributed by atoms with Crippen LogP contribution in [0, 0.1) is 18.7 Å². The predicted molar refractivity (Wildman–Crippen MR) is 115 cm³/mol. The highest BCUT2D eigenvalue weighted by molar-refractivity contribution is 5.79. The van der Waals surface area contributed by atoms with E-state index >= 15 is 0 Å². The number of benzene rings is 2. The van der Waals surface area contributed by atoms with Crippen LogP contribution in [0.15, 0.2) is 60.9 Å². The second-order valence-corrected chi connectivity index (χ2v) is 7.77. The third-order valence-corrected chi connectivity index (χ3v) is 5.48. The third-order valence-electron chi connectivity index (χ3n) is 5.48. The largest absolute Gasteiger partial charge is 0.352 e. The van der Waals surface area contributed by atoms with Crippen molar-refractivity contribution in [1.29, 1.82) is 0 Å². The molecule has 1 atom stereocenters. The van der Waals surface area contributed by atoms with Crippen LogP contribution in [0.3, 0.4) is 0 Å². The number of amides is 1. The molecule has 1 fully saturated rings. The minimum atomic E-state index is -0.276. The number of aromatic nitrogens is 2. The van der Waals surface area contributed by atoms with Crippen molar-refractivity contribution < 1.29 is 9.18 Å². The van der Waals surface area contributed by atoms with E-state index < -0.39 is 0 Å². The number of hydrogen-bond donors (Lipinski definition) is 1. The Labute approximate surface area is 176 Å². The van der Waals surface area contributed by atoms with Crippen LogP contribution in [0.5, 0.6) is 0 Å². The first-order valence-electron chi connectivity index (χ1n) is 10.2. The van der Waals surface area contributed by atoms with Crippen molar-refractivity contribution in [3.8, 4) is 11.1 Å². The van der Waals surface area contributed by atoms with E-state index in [9.17, 15) is 9.18 Å². The first-order valence-corrected chi connectivity index (χ1v) is 10.2. The van der Waals surface area contributed by atoms with E-state index in [0.29, 0.717) is 19.0 Å². The molecular formula is C24H25FN4O. The maximum absolute atomic E-state index is 13.0. The zero-order chi connectivity index (χ0) is 20.9. The monoisotopic (exact) mass is 404 g/mol. The van der Waals surface area contributed by atoms with Crippen LogP contribution in [0.2, 0.25) is 0 Å². The number of carbonyl (C=O) groups excluding carboxylic acids is 1. The van der Waals surface area contributed by atoms with Crippen LogP contribution in [0.25, 0.3) is 11.1 Å². The molecule has 1 aromatic heterocycles. The second kappa shape index (κ2) is 9.03. The SMILES string of the molecule is Cc1ccc(-c2cnc(N3CCC[C@@H](C(=O)NCc4ccc(F)cc4)C3)nc2)cc1. The molecule has 5 nitrogen and oxygen atoms in total. The van der Waals surface area contributed by atoms with Gasteiger partial charge in [0.05, 0.1) is 5.92 Å². The Morgan fingerprint density at radius 2 is 1.77 bits per heavy atom. The summed E-state index contributed by atoms with van der Waals surface area (Å²) < 4.78 is 13.0. The van der Waals surface area contributed by atoms with Crippen LogP contribution in [0.4, 0.5) is 10.3 Å². The molecule has 0 unspecified atom stereocenters. The molecule has 2 heterocycles. The molecule has 0 bridgehead atoms. The standard InChI is InChI=1S/C24H25FN4O/c1-17-4-8-19(9-5-17)21-14-27-24(28-15-21)29-12-2-3-20(16-29)23(30)26-13-18-6-10-22(25)11-7-18/h4-11,14-15,20H,2-3,12-13,16H2,1H3,(H,26,30)/t20-/m1/s1. The van der Waals surface area contributed by atoms with Crippen molar-refractivity contribution in [3.05, 3.63) is 77.9 Å². The Hall–Kier alpha value is -3.28. The minimum Gasteiger partial charge on any atom is -0.352 e. The number of aryl methyl sites for hydroxylation is 1. The van der Waals surface area contributed by atoms with Crippen LogP contribution < -0.4 is 10.2 Å². The molecule has 2 aromatic carbocycles. The van der Waals surface area contributed by atoms with Crippen molar-refractivity contribution in [2.45, 2.75) is 26.3 Å². The molecule has 0 saturated carbocycles. The van der Waals surface area contributed by atoms with Gasteiger partial charge in [0.15, 0.2) is 0 Å². The van der Waals surface area contributed by atoms with E-state index in [2.05, 4.69) is 51.4 Å². The van der Waals surface area contributed by atoms with Gasteiger partial charge < -0.3 is 10.2 Å². The number of hydrogen-bond acceptors (Lipinski definition) is 4. The quantitative estimate of drug-likeness (QED) is 0.695. The number of carbonyl (C=O) groups is 1. The maximum Gasteiger partial charge on any atom is 0.225 e. The number of piperidine rings is 1. The molecule has 154 valence electrons. The summed E-state index contributed by atoms with van der Waals surface area (Å²) >= 11 is 0. The molecule has 1 aliphatic heterocycles. The van der Waals surface area contributed by atoms with Gasteiger partial charge in [-0.05, 0) is 43.0 Å². The zero-order valence-electron chi connectivity index (χ0n) is 17.0. The molecule has 0 spiro atoms. The number of halogens is 1. The summed E-state index contributed by atoms with van der Waals surface area (Å²) in [4.78, 5) is 23.8. The Morgan fingerprint density at radius 1 is 1.07 bits per heavy atom. The predicted octanol–water partition coefficient (Wildman–Crippen LogP) is 4.12. The summed E-state index contributed by atoms with van der Waals surface area (Å²) in [5.74, 6) is 0.281. The molecule has 0 radical (unpaired) electrons. The molecule has 1 saturated heterocycles. The second-order valence-electron chi connectivity index (χ2n) is 7.77. The number of anilines is 1. The Bertz CT molecular complexity index is 987. The Morgan fingerprint density at radius 3 is 2.47 bits per heavy atom. The number of nitrogens with zero attached hydrogens (tertiary/aromatic N) is 3. The van der Waals surface area contributed by atoms with Gasteiger partial charge in [-0.2, -0.15) is 0 Å². The van der Waals surface area contributed by atoms with Gasteiger partial charge in [-0.3, -0.25) is 4.79 Å². The molecule has 1 N–H and O–H groups in total. The van der Waals surface area contributed by atoms with Gasteiger partial charge in [-0.15, -0.1) is 0 Å². The van der Waals surface area contributed by atoms with Crippen LogP contribution in [-0.2, 0) is 11.3 Å². The zero-order valence-corrected chi connectivity index (χ0v) is 17.0. The van der Waals surface area contributed by atoms with E-state index in [0.717, 1.165) is 36.1 Å². The van der Waals surface area contributed by atoms with E-state index in [1.807, 2.05) is 12.4 Å². The maximum atomic E-state index is 13.0. The Kier molecular flexibility index (Phi) is 6.02. The molecule has 1 amide bonds. The van der Waals surface area contributed by atoms with E-state index in [1.54, 1.807) is 12.1 Å². The minimum absolute atomic E-state index is 0.0142. The molecule has 30 heavy (non-hydrogen) atoms. The third kappa shape index (κ3) is 4.82. The first-order chi connectivity index (χ1) is 14.6. The molecule has 3 aromatic rings. The van der Waals surface area contributed by atoms with Crippen molar-refractivity contribution in [3.63, 3.8) is 0 Å². The van der Waals surface area contributed by atoms with Crippen LogP contribution >= 0.6 is 0 Å². The van der Waals surface area contributed by atoms with Gasteiger partial charge in [0.25, 0.3) is 0 Å². The highest BCUT2D eigenvalue weighted by Crippen LogP contribution is 2.23. The summed E-state index contributed by atoms with van der Waals surface area (Å²) in [7, 11) is 0. The highest BCUT2D eigenvalue weighted by Gasteiger charge is 2.27. The van der Waals surface area contributed by atoms with Crippen molar-refractivity contribution in [2.24, 2.45) is 5.92 Å². The van der Waals surface area contributed by atoms with Gasteiger partial charge in [-0.1, -0.05) is 42.0 Å². The fourth-order valence-electron chi connectivity index (χ4n) is 3.69. The smallest absolute Gasteiger partial charge is 0.225 e. The van der Waals surface area contributed by atoms with Gasteiger partial charge in [0, 0.05) is 37.6 Å². The van der Waals surface area contributed by atoms with E-state index in [4.69, 9.17) is 0 Å². The summed E-state index contributed by atoms with van der Waals surface area (Å²) in [6.45, 7) is 3.90. The topological polar surface area (TPSA) is 58.1 Å². The number of rotatable bonds is 5. The fourth-order valence-corrected chi connectivity index (χ4v) is 3.69. The molecule has 6 heteroatoms. The summed E-state index contributed by atoms with van der Waals surface area (Å²) in [5.41, 5.74) is 4.16. The molecule has 1 aliphatic rings. The van der Waals surface area contributed by atoms with Crippen LogP contribution in [-0.4, -0.2) is 29.0 Å². The van der Waals surface area contributed by atoms with E-state index in [-0.39, 0.29) is 17.6 Å². The van der Waals surface area contributed by atoms with E-state index in [1.165, 1.54) is 17.7 Å². The number of nitrogens with one attached hydrogen (secondary N) is 1. The fraction of sp³-hybridized carbons (Fsp3) is 0.292. The molecule has 4 rings (SSSR count). The Balaban J connectivity index is 1.36. The average Bonchev–Trinajstić information content (AvgIpc) is 2.79. The van der Waals surface area contributed by atoms with Gasteiger partial charge >= 0.3 is 0 Å². The van der Waals surface area contributed by atoms with Crippen molar-refractivity contribution in [2.75, 3.05) is 18.0 Å². The normalized spacial score (nSPS) is 16.3. The van der Waals surface area contributed by atoms with Crippen molar-refractivity contribution >= 4 is 11.9 Å². The highest BCUT2D eigenvalue weighted by atomic mass is 19.1. The summed E-state index contributed by atoms with van der Waals surface area (Å²) in [5, 5.41) is 2.97. The summed E-state index contributed by atoms with van der Waals surface area (Å²) in [6, 6.07) is 14.5. The van der Waals surface area contributed by atoms with Gasteiger partial charge in [0.1, 0.15) is 5.82 Å². The lowest BCUT2D eigenvalue weighted by atomic mass is 9.97. The lowest BCUT2D eigenvalue weighted by Gasteiger charge is -2.32. The first kappa shape index (κ1) is 20.0. The summed E-state index contributed by atoms with van der Waals surface area (Å²) in [6.07, 6.45) is 5.43. The average molecular weight is 404 g/mol. The van der Waals surface area contributed by atoms with Crippen LogP contribution in [0.1, 0.15) is 24.0 Å². The van der Waals surface area contributed by atoms with Crippen molar-refractivity contribution in [1.82, 2.24) is 15.3 Å². The lowest BCUT2D eigenvalue weighted by Crippen LogP contribution is -2.43. The van der Waals surface area contributed by atoms with Gasteiger partial charge in [0.2, 0.25) is 11.9 Å². The lowest BCUT2D eigenvalue weighted by molar-refractivity contribution is -0.125.